The first-order valence-corrected chi connectivity index (χ1v) is 10.3. The van der Waals surface area contributed by atoms with Gasteiger partial charge in [0.15, 0.2) is 0 Å². The number of aromatic nitrogens is 2. The average Bonchev–Trinajstić information content (AvgIpc) is 2.88. The Bertz CT molecular complexity index is 717. The molecule has 0 bridgehead atoms. The third-order valence-electron chi connectivity index (χ3n) is 5.35. The van der Waals surface area contributed by atoms with Crippen molar-refractivity contribution in [1.29, 1.82) is 0 Å². The molecule has 0 spiro atoms. The largest absolute Gasteiger partial charge is 0.355 e. The van der Waals surface area contributed by atoms with E-state index in [-0.39, 0.29) is 5.82 Å². The zero-order chi connectivity index (χ0) is 19.9. The summed E-state index contributed by atoms with van der Waals surface area (Å²) in [5.74, 6) is 1.06. The highest BCUT2D eigenvalue weighted by atomic mass is 19.1. The van der Waals surface area contributed by atoms with Gasteiger partial charge in [-0.2, -0.15) is 0 Å². The lowest BCUT2D eigenvalue weighted by Crippen LogP contribution is -2.43. The third kappa shape index (κ3) is 5.72. The van der Waals surface area contributed by atoms with Crippen molar-refractivity contribution >= 4 is 5.95 Å². The average molecular weight is 386 g/mol. The summed E-state index contributed by atoms with van der Waals surface area (Å²) in [6.07, 6.45) is 4.98. The number of nitrogens with one attached hydrogen (secondary N) is 1. The molecule has 0 amide bonds. The van der Waals surface area contributed by atoms with Gasteiger partial charge in [-0.25, -0.2) is 14.4 Å². The van der Waals surface area contributed by atoms with Crippen LogP contribution in [0.3, 0.4) is 0 Å². The second-order valence-corrected chi connectivity index (χ2v) is 7.94. The molecule has 0 saturated carbocycles. The van der Waals surface area contributed by atoms with E-state index >= 15 is 0 Å². The van der Waals surface area contributed by atoms with Crippen LogP contribution in [0.15, 0.2) is 36.7 Å². The molecule has 1 aromatic carbocycles. The quantitative estimate of drug-likeness (QED) is 0.786. The molecule has 152 valence electrons. The lowest BCUT2D eigenvalue weighted by molar-refractivity contribution is 0.130. The van der Waals surface area contributed by atoms with Crippen LogP contribution in [0.4, 0.5) is 10.3 Å². The maximum atomic E-state index is 13.2. The summed E-state index contributed by atoms with van der Waals surface area (Å²) in [7, 11) is 0. The molecule has 1 saturated heterocycles. The van der Waals surface area contributed by atoms with Crippen molar-refractivity contribution in [2.45, 2.75) is 46.3 Å². The summed E-state index contributed by atoms with van der Waals surface area (Å²) in [6, 6.07) is 7.38. The third-order valence-corrected chi connectivity index (χ3v) is 5.35. The van der Waals surface area contributed by atoms with Crippen LogP contribution < -0.4 is 5.32 Å². The number of rotatable bonds is 7. The van der Waals surface area contributed by atoms with Crippen molar-refractivity contribution in [3.8, 4) is 0 Å². The summed E-state index contributed by atoms with van der Waals surface area (Å²) in [5.41, 5.74) is 2.32. The number of nitrogens with zero attached hydrogens (tertiary/aromatic N) is 4. The fourth-order valence-electron chi connectivity index (χ4n) is 3.88. The topological polar surface area (TPSA) is 44.3 Å². The first kappa shape index (κ1) is 20.7. The first-order valence-electron chi connectivity index (χ1n) is 10.3. The SMILES string of the molecule is CCNc1ncc(CN2CCCN(Cc3ccc(F)cc3)[C@H](C(C)C)C2)cn1. The van der Waals surface area contributed by atoms with Crippen LogP contribution in [0, 0.1) is 11.7 Å². The zero-order valence-corrected chi connectivity index (χ0v) is 17.2. The van der Waals surface area contributed by atoms with Gasteiger partial charge in [-0.1, -0.05) is 26.0 Å². The molecule has 1 N–H and O–H groups in total. The monoisotopic (exact) mass is 385 g/mol. The van der Waals surface area contributed by atoms with Crippen molar-refractivity contribution in [3.05, 3.63) is 53.6 Å². The van der Waals surface area contributed by atoms with E-state index in [1.54, 1.807) is 12.1 Å². The van der Waals surface area contributed by atoms with Crippen LogP contribution in [-0.4, -0.2) is 52.0 Å². The molecular weight excluding hydrogens is 353 g/mol. The fourth-order valence-corrected chi connectivity index (χ4v) is 3.88. The van der Waals surface area contributed by atoms with E-state index < -0.39 is 0 Å². The number of halogens is 1. The van der Waals surface area contributed by atoms with Gasteiger partial charge in [0.05, 0.1) is 0 Å². The Labute approximate surface area is 168 Å². The van der Waals surface area contributed by atoms with Crippen molar-refractivity contribution < 1.29 is 4.39 Å². The summed E-state index contributed by atoms with van der Waals surface area (Å²) in [6.45, 7) is 12.3. The van der Waals surface area contributed by atoms with Crippen LogP contribution in [0.25, 0.3) is 0 Å². The van der Waals surface area contributed by atoms with Gasteiger partial charge in [0, 0.05) is 56.7 Å². The van der Waals surface area contributed by atoms with Gasteiger partial charge in [0.1, 0.15) is 5.82 Å². The zero-order valence-electron chi connectivity index (χ0n) is 17.2. The molecule has 1 aliphatic rings. The molecule has 5 nitrogen and oxygen atoms in total. The molecule has 28 heavy (non-hydrogen) atoms. The Morgan fingerprint density at radius 3 is 2.43 bits per heavy atom. The highest BCUT2D eigenvalue weighted by Gasteiger charge is 2.27. The van der Waals surface area contributed by atoms with E-state index in [1.165, 1.54) is 5.56 Å². The van der Waals surface area contributed by atoms with E-state index in [2.05, 4.69) is 38.9 Å². The van der Waals surface area contributed by atoms with Crippen molar-refractivity contribution in [2.24, 2.45) is 5.92 Å². The Morgan fingerprint density at radius 2 is 1.79 bits per heavy atom. The molecule has 1 fully saturated rings. The molecule has 3 rings (SSSR count). The predicted octanol–water partition coefficient (Wildman–Crippen LogP) is 3.78. The number of hydrogen-bond acceptors (Lipinski definition) is 5. The minimum atomic E-state index is -0.173. The van der Waals surface area contributed by atoms with Crippen LogP contribution in [-0.2, 0) is 13.1 Å². The van der Waals surface area contributed by atoms with Gasteiger partial charge in [-0.15, -0.1) is 0 Å². The summed E-state index contributed by atoms with van der Waals surface area (Å²) < 4.78 is 13.2. The maximum absolute atomic E-state index is 13.2. The Hall–Kier alpha value is -2.05. The minimum absolute atomic E-state index is 0.173. The second-order valence-electron chi connectivity index (χ2n) is 7.94. The minimum Gasteiger partial charge on any atom is -0.355 e. The summed E-state index contributed by atoms with van der Waals surface area (Å²) >= 11 is 0. The van der Waals surface area contributed by atoms with Crippen LogP contribution in [0.2, 0.25) is 0 Å². The molecule has 0 radical (unpaired) electrons. The molecule has 2 aromatic rings. The van der Waals surface area contributed by atoms with E-state index in [0.29, 0.717) is 17.9 Å². The van der Waals surface area contributed by atoms with Crippen LogP contribution in [0.5, 0.6) is 0 Å². The van der Waals surface area contributed by atoms with Gasteiger partial charge in [0.25, 0.3) is 0 Å². The van der Waals surface area contributed by atoms with E-state index in [9.17, 15) is 4.39 Å². The molecule has 1 atom stereocenters. The van der Waals surface area contributed by atoms with Gasteiger partial charge in [0.2, 0.25) is 5.95 Å². The van der Waals surface area contributed by atoms with E-state index in [1.807, 2.05) is 31.5 Å². The molecule has 1 aromatic heterocycles. The van der Waals surface area contributed by atoms with Gasteiger partial charge in [-0.05, 0) is 43.5 Å². The Balaban J connectivity index is 1.65. The molecule has 0 unspecified atom stereocenters. The Kier molecular flexibility index (Phi) is 7.34. The van der Waals surface area contributed by atoms with Gasteiger partial charge in [-0.3, -0.25) is 9.80 Å². The fraction of sp³-hybridized carbons (Fsp3) is 0.545. The van der Waals surface area contributed by atoms with Gasteiger partial charge >= 0.3 is 0 Å². The Morgan fingerprint density at radius 1 is 1.07 bits per heavy atom. The lowest BCUT2D eigenvalue weighted by atomic mass is 10.0. The number of hydrogen-bond donors (Lipinski definition) is 1. The second kappa shape index (κ2) is 9.94. The first-order chi connectivity index (χ1) is 13.5. The van der Waals surface area contributed by atoms with Crippen LogP contribution in [0.1, 0.15) is 38.3 Å². The van der Waals surface area contributed by atoms with Crippen LogP contribution >= 0.6 is 0 Å². The normalized spacial score (nSPS) is 19.0. The molecule has 6 heteroatoms. The molecule has 1 aliphatic heterocycles. The summed E-state index contributed by atoms with van der Waals surface area (Å²) in [5, 5.41) is 3.14. The van der Waals surface area contributed by atoms with Crippen molar-refractivity contribution in [3.63, 3.8) is 0 Å². The highest BCUT2D eigenvalue weighted by molar-refractivity contribution is 5.24. The number of benzene rings is 1. The predicted molar refractivity (Wildman–Crippen MR) is 112 cm³/mol. The highest BCUT2D eigenvalue weighted by Crippen LogP contribution is 2.21. The number of anilines is 1. The van der Waals surface area contributed by atoms with Crippen molar-refractivity contribution in [1.82, 2.24) is 19.8 Å². The van der Waals surface area contributed by atoms with E-state index in [0.717, 1.165) is 51.3 Å². The summed E-state index contributed by atoms with van der Waals surface area (Å²) in [4.78, 5) is 13.9. The maximum Gasteiger partial charge on any atom is 0.222 e. The van der Waals surface area contributed by atoms with Crippen molar-refractivity contribution in [2.75, 3.05) is 31.5 Å². The molecular formula is C22H32FN5. The smallest absolute Gasteiger partial charge is 0.222 e. The molecule has 0 aliphatic carbocycles. The van der Waals surface area contributed by atoms with E-state index in [4.69, 9.17) is 0 Å². The van der Waals surface area contributed by atoms with Gasteiger partial charge < -0.3 is 5.32 Å². The standard InChI is InChI=1S/C22H32FN5/c1-4-24-22-25-12-19(13-26-22)14-27-10-5-11-28(21(16-27)17(2)3)15-18-6-8-20(23)9-7-18/h6-9,12-13,17,21H,4-5,10-11,14-16H2,1-3H3,(H,24,25,26)/t21-/m0/s1. The molecule has 2 heterocycles. The lowest BCUT2D eigenvalue weighted by Gasteiger charge is -2.34.